The molecule has 0 radical (unpaired) electrons. The van der Waals surface area contributed by atoms with Crippen molar-refractivity contribution in [3.63, 3.8) is 0 Å². The molecule has 76 valence electrons. The normalized spacial score (nSPS) is 10.2. The molecule has 0 bridgehead atoms. The molecule has 0 amide bonds. The summed E-state index contributed by atoms with van der Waals surface area (Å²) in [4.78, 5) is 18.5. The molecule has 2 aromatic rings. The first-order valence-electron chi connectivity index (χ1n) is 3.93. The third kappa shape index (κ3) is 1.66. The first kappa shape index (κ1) is 9.60. The van der Waals surface area contributed by atoms with Crippen LogP contribution in [0.15, 0.2) is 24.8 Å². The number of hydrogen-bond acceptors (Lipinski definition) is 4. The number of carboxylic acids is 1. The number of aromatic carboxylic acids is 1. The smallest absolute Gasteiger partial charge is 0.340 e. The third-order valence-corrected chi connectivity index (χ3v) is 2.07. The second-order valence-electron chi connectivity index (χ2n) is 2.63. The van der Waals surface area contributed by atoms with Crippen LogP contribution >= 0.6 is 11.6 Å². The average molecular weight is 225 g/mol. The van der Waals surface area contributed by atoms with E-state index >= 15 is 0 Å². The number of rotatable bonds is 2. The Kier molecular flexibility index (Phi) is 2.34. The van der Waals surface area contributed by atoms with Crippen molar-refractivity contribution in [2.75, 3.05) is 0 Å². The summed E-state index contributed by atoms with van der Waals surface area (Å²) in [5.74, 6) is -0.759. The van der Waals surface area contributed by atoms with Crippen molar-refractivity contribution in [3.05, 3.63) is 35.5 Å². The molecule has 0 fully saturated rings. The van der Waals surface area contributed by atoms with Crippen LogP contribution in [-0.2, 0) is 0 Å². The number of halogens is 1. The van der Waals surface area contributed by atoms with E-state index in [0.717, 1.165) is 0 Å². The second-order valence-corrected chi connectivity index (χ2v) is 2.99. The fraction of sp³-hybridized carbons (Fsp3) is 0. The molecule has 0 spiro atoms. The second kappa shape index (κ2) is 3.66. The highest BCUT2D eigenvalue weighted by Gasteiger charge is 2.16. The van der Waals surface area contributed by atoms with E-state index in [-0.39, 0.29) is 10.7 Å². The molecule has 0 aliphatic carbocycles. The Hall–Kier alpha value is -1.95. The van der Waals surface area contributed by atoms with Gasteiger partial charge in [-0.2, -0.15) is 5.10 Å². The SMILES string of the molecule is O=C(O)c1cnn(-c2cnccn2)c1Cl. The summed E-state index contributed by atoms with van der Waals surface area (Å²) in [7, 11) is 0. The summed E-state index contributed by atoms with van der Waals surface area (Å²) in [5.41, 5.74) is -0.0673. The van der Waals surface area contributed by atoms with Gasteiger partial charge in [0.15, 0.2) is 5.82 Å². The predicted molar refractivity (Wildman–Crippen MR) is 51.1 cm³/mol. The molecule has 15 heavy (non-hydrogen) atoms. The molecular weight excluding hydrogens is 220 g/mol. The van der Waals surface area contributed by atoms with Gasteiger partial charge in [-0.1, -0.05) is 11.6 Å². The molecular formula is C8H5ClN4O2. The van der Waals surface area contributed by atoms with Gasteiger partial charge in [-0.25, -0.2) is 14.5 Å². The van der Waals surface area contributed by atoms with Gasteiger partial charge in [0.1, 0.15) is 10.7 Å². The van der Waals surface area contributed by atoms with Gasteiger partial charge in [-0.15, -0.1) is 0 Å². The van der Waals surface area contributed by atoms with Crippen molar-refractivity contribution in [3.8, 4) is 5.82 Å². The minimum absolute atomic E-state index is 0.00278. The maximum absolute atomic E-state index is 10.7. The van der Waals surface area contributed by atoms with Crippen molar-refractivity contribution in [2.24, 2.45) is 0 Å². The largest absolute Gasteiger partial charge is 0.478 e. The summed E-state index contributed by atoms with van der Waals surface area (Å²) in [6, 6.07) is 0. The topological polar surface area (TPSA) is 80.9 Å². The first-order chi connectivity index (χ1) is 7.20. The maximum atomic E-state index is 10.7. The van der Waals surface area contributed by atoms with Gasteiger partial charge in [-0.3, -0.25) is 4.98 Å². The summed E-state index contributed by atoms with van der Waals surface area (Å²) >= 11 is 5.81. The van der Waals surface area contributed by atoms with E-state index in [1.807, 2.05) is 0 Å². The average Bonchev–Trinajstić information content (AvgIpc) is 2.61. The molecule has 6 nitrogen and oxygen atoms in total. The Balaban J connectivity index is 2.52. The molecule has 0 saturated heterocycles. The zero-order valence-corrected chi connectivity index (χ0v) is 8.09. The Bertz CT molecular complexity index is 497. The van der Waals surface area contributed by atoms with Gasteiger partial charge in [0.2, 0.25) is 0 Å². The van der Waals surface area contributed by atoms with Gasteiger partial charge in [0.05, 0.1) is 12.4 Å². The van der Waals surface area contributed by atoms with Crippen LogP contribution in [0.3, 0.4) is 0 Å². The first-order valence-corrected chi connectivity index (χ1v) is 4.31. The third-order valence-electron chi connectivity index (χ3n) is 1.71. The molecule has 0 aromatic carbocycles. The van der Waals surface area contributed by atoms with Gasteiger partial charge in [0.25, 0.3) is 0 Å². The summed E-state index contributed by atoms with van der Waals surface area (Å²) in [6.45, 7) is 0. The molecule has 0 aliphatic heterocycles. The standard InChI is InChI=1S/C8H5ClN4O2/c9-7-5(8(14)15)3-12-13(7)6-4-10-1-2-11-6/h1-4H,(H,14,15). The van der Waals surface area contributed by atoms with Crippen molar-refractivity contribution in [2.45, 2.75) is 0 Å². The van der Waals surface area contributed by atoms with Crippen molar-refractivity contribution in [1.82, 2.24) is 19.7 Å². The van der Waals surface area contributed by atoms with E-state index in [1.165, 1.54) is 29.5 Å². The van der Waals surface area contributed by atoms with E-state index in [4.69, 9.17) is 16.7 Å². The van der Waals surface area contributed by atoms with Gasteiger partial charge < -0.3 is 5.11 Å². The van der Waals surface area contributed by atoms with Crippen LogP contribution in [0.4, 0.5) is 0 Å². The van der Waals surface area contributed by atoms with E-state index in [9.17, 15) is 4.79 Å². The Morgan fingerprint density at radius 2 is 2.20 bits per heavy atom. The lowest BCUT2D eigenvalue weighted by molar-refractivity contribution is 0.0697. The highest BCUT2D eigenvalue weighted by molar-refractivity contribution is 6.32. The molecule has 0 aliphatic rings. The van der Waals surface area contributed by atoms with Gasteiger partial charge >= 0.3 is 5.97 Å². The zero-order chi connectivity index (χ0) is 10.8. The lowest BCUT2D eigenvalue weighted by Crippen LogP contribution is -2.01. The number of carboxylic acid groups (broad SMARTS) is 1. The fourth-order valence-corrected chi connectivity index (χ4v) is 1.30. The highest BCUT2D eigenvalue weighted by atomic mass is 35.5. The van der Waals surface area contributed by atoms with Crippen LogP contribution in [0, 0.1) is 0 Å². The van der Waals surface area contributed by atoms with E-state index in [2.05, 4.69) is 15.1 Å². The van der Waals surface area contributed by atoms with Crippen LogP contribution < -0.4 is 0 Å². The number of nitrogens with zero attached hydrogens (tertiary/aromatic N) is 4. The van der Waals surface area contributed by atoms with Crippen LogP contribution in [0.25, 0.3) is 5.82 Å². The summed E-state index contributed by atoms with van der Waals surface area (Å²) in [6.07, 6.45) is 5.57. The van der Waals surface area contributed by atoms with Gasteiger partial charge in [-0.05, 0) is 0 Å². The minimum atomic E-state index is -1.13. The molecule has 0 atom stereocenters. The van der Waals surface area contributed by atoms with Crippen molar-refractivity contribution < 1.29 is 9.90 Å². The van der Waals surface area contributed by atoms with Crippen LogP contribution in [0.2, 0.25) is 5.15 Å². The van der Waals surface area contributed by atoms with E-state index in [0.29, 0.717) is 5.82 Å². The van der Waals surface area contributed by atoms with Crippen molar-refractivity contribution >= 4 is 17.6 Å². The quantitative estimate of drug-likeness (QED) is 0.824. The molecule has 2 heterocycles. The number of hydrogen-bond donors (Lipinski definition) is 1. The van der Waals surface area contributed by atoms with Crippen molar-refractivity contribution in [1.29, 1.82) is 0 Å². The number of aromatic nitrogens is 4. The number of carbonyl (C=O) groups is 1. The minimum Gasteiger partial charge on any atom is -0.478 e. The van der Waals surface area contributed by atoms with Gasteiger partial charge in [0, 0.05) is 12.4 Å². The molecule has 0 saturated carbocycles. The molecule has 2 aromatic heterocycles. The van der Waals surface area contributed by atoms with Crippen LogP contribution in [0.1, 0.15) is 10.4 Å². The van der Waals surface area contributed by atoms with Crippen LogP contribution in [0.5, 0.6) is 0 Å². The predicted octanol–water partition coefficient (Wildman–Crippen LogP) is 1.01. The fourth-order valence-electron chi connectivity index (χ4n) is 1.04. The maximum Gasteiger partial charge on any atom is 0.340 e. The molecule has 1 N–H and O–H groups in total. The lowest BCUT2D eigenvalue weighted by atomic mass is 10.4. The Morgan fingerprint density at radius 1 is 1.40 bits per heavy atom. The Morgan fingerprint density at radius 3 is 2.73 bits per heavy atom. The molecule has 0 unspecified atom stereocenters. The summed E-state index contributed by atoms with van der Waals surface area (Å²) in [5, 5.41) is 12.6. The molecule has 2 rings (SSSR count). The monoisotopic (exact) mass is 224 g/mol. The zero-order valence-electron chi connectivity index (χ0n) is 7.33. The van der Waals surface area contributed by atoms with E-state index in [1.54, 1.807) is 0 Å². The Labute approximate surface area is 89.2 Å². The lowest BCUT2D eigenvalue weighted by Gasteiger charge is -1.99. The van der Waals surface area contributed by atoms with E-state index < -0.39 is 5.97 Å². The highest BCUT2D eigenvalue weighted by Crippen LogP contribution is 2.18. The summed E-state index contributed by atoms with van der Waals surface area (Å²) < 4.78 is 1.21. The molecule has 7 heteroatoms. The van der Waals surface area contributed by atoms with Crippen LogP contribution in [-0.4, -0.2) is 30.8 Å².